The number of hydrogen-bond acceptors (Lipinski definition) is 3. The first-order valence-corrected chi connectivity index (χ1v) is 9.23. The molecule has 2 N–H and O–H groups in total. The van der Waals surface area contributed by atoms with Crippen molar-refractivity contribution in [1.82, 2.24) is 4.31 Å². The SMILES string of the molecule is CC(C)(C)c1ccc(CN(S)C(=O)Nc2cccc3c(O)cccc23)cc1. The third-order valence-electron chi connectivity index (χ3n) is 4.53. The minimum Gasteiger partial charge on any atom is -0.507 e. The van der Waals surface area contributed by atoms with Crippen molar-refractivity contribution in [2.75, 3.05) is 5.32 Å². The molecule has 0 aliphatic rings. The number of anilines is 1. The van der Waals surface area contributed by atoms with Gasteiger partial charge in [0.25, 0.3) is 0 Å². The molecule has 0 atom stereocenters. The van der Waals surface area contributed by atoms with Crippen LogP contribution in [0, 0.1) is 0 Å². The maximum absolute atomic E-state index is 12.5. The molecule has 0 fully saturated rings. The van der Waals surface area contributed by atoms with E-state index in [0.29, 0.717) is 17.6 Å². The Hall–Kier alpha value is -2.66. The van der Waals surface area contributed by atoms with Crippen LogP contribution in [0.3, 0.4) is 0 Å². The first kappa shape index (κ1) is 19.1. The molecule has 4 nitrogen and oxygen atoms in total. The highest BCUT2D eigenvalue weighted by molar-refractivity contribution is 7.78. The molecule has 0 aliphatic carbocycles. The molecule has 0 saturated heterocycles. The van der Waals surface area contributed by atoms with E-state index < -0.39 is 0 Å². The molecule has 0 aromatic heterocycles. The molecule has 0 bridgehead atoms. The third kappa shape index (κ3) is 4.37. The van der Waals surface area contributed by atoms with E-state index in [1.165, 1.54) is 9.87 Å². The van der Waals surface area contributed by atoms with Crippen LogP contribution in [0.1, 0.15) is 31.9 Å². The smallest absolute Gasteiger partial charge is 0.331 e. The van der Waals surface area contributed by atoms with E-state index in [1.807, 2.05) is 24.3 Å². The Morgan fingerprint density at radius 3 is 2.30 bits per heavy atom. The van der Waals surface area contributed by atoms with Gasteiger partial charge in [0, 0.05) is 10.8 Å². The summed E-state index contributed by atoms with van der Waals surface area (Å²) in [6, 6.07) is 18.5. The molecule has 27 heavy (non-hydrogen) atoms. The van der Waals surface area contributed by atoms with Crippen LogP contribution >= 0.6 is 12.8 Å². The van der Waals surface area contributed by atoms with Gasteiger partial charge in [0.15, 0.2) is 0 Å². The lowest BCUT2D eigenvalue weighted by molar-refractivity contribution is 0.238. The summed E-state index contributed by atoms with van der Waals surface area (Å²) < 4.78 is 1.34. The van der Waals surface area contributed by atoms with Gasteiger partial charge in [0.2, 0.25) is 0 Å². The fourth-order valence-corrected chi connectivity index (χ4v) is 3.15. The van der Waals surface area contributed by atoms with E-state index in [2.05, 4.69) is 51.0 Å². The van der Waals surface area contributed by atoms with Gasteiger partial charge >= 0.3 is 6.03 Å². The second-order valence-electron chi connectivity index (χ2n) is 7.61. The number of carbonyl (C=O) groups is 1. The minimum absolute atomic E-state index is 0.0937. The van der Waals surface area contributed by atoms with Gasteiger partial charge in [-0.15, -0.1) is 0 Å². The normalized spacial score (nSPS) is 11.4. The summed E-state index contributed by atoms with van der Waals surface area (Å²) in [6.45, 7) is 6.89. The van der Waals surface area contributed by atoms with E-state index in [9.17, 15) is 9.90 Å². The number of rotatable bonds is 3. The van der Waals surface area contributed by atoms with E-state index in [-0.39, 0.29) is 17.2 Å². The van der Waals surface area contributed by atoms with Crippen LogP contribution in [0.5, 0.6) is 5.75 Å². The van der Waals surface area contributed by atoms with Crippen LogP contribution < -0.4 is 5.32 Å². The van der Waals surface area contributed by atoms with Crippen molar-refractivity contribution < 1.29 is 9.90 Å². The van der Waals surface area contributed by atoms with Crippen LogP contribution in [0.4, 0.5) is 10.5 Å². The molecule has 3 rings (SSSR count). The number of benzene rings is 3. The minimum atomic E-state index is -0.325. The number of nitrogens with zero attached hydrogens (tertiary/aromatic N) is 1. The van der Waals surface area contributed by atoms with Crippen LogP contribution in [0.2, 0.25) is 0 Å². The second-order valence-corrected chi connectivity index (χ2v) is 8.10. The molecule has 0 saturated carbocycles. The lowest BCUT2D eigenvalue weighted by Gasteiger charge is -2.21. The van der Waals surface area contributed by atoms with E-state index in [0.717, 1.165) is 10.9 Å². The van der Waals surface area contributed by atoms with E-state index >= 15 is 0 Å². The van der Waals surface area contributed by atoms with Gasteiger partial charge in [-0.25, -0.2) is 4.79 Å². The monoisotopic (exact) mass is 380 g/mol. The maximum atomic E-state index is 12.5. The van der Waals surface area contributed by atoms with Crippen molar-refractivity contribution in [3.05, 3.63) is 71.8 Å². The van der Waals surface area contributed by atoms with Crippen LogP contribution in [-0.4, -0.2) is 15.4 Å². The molecule has 0 spiro atoms. The predicted molar refractivity (Wildman–Crippen MR) is 114 cm³/mol. The third-order valence-corrected chi connectivity index (χ3v) is 4.85. The lowest BCUT2D eigenvalue weighted by atomic mass is 9.87. The number of nitrogens with one attached hydrogen (secondary N) is 1. The number of aromatic hydroxyl groups is 1. The van der Waals surface area contributed by atoms with Crippen molar-refractivity contribution in [1.29, 1.82) is 0 Å². The highest BCUT2D eigenvalue weighted by Gasteiger charge is 2.15. The molecular weight excluding hydrogens is 356 g/mol. The number of urea groups is 1. The average Bonchev–Trinajstić information content (AvgIpc) is 2.62. The quantitative estimate of drug-likeness (QED) is 0.509. The van der Waals surface area contributed by atoms with Gasteiger partial charge in [0.05, 0.1) is 12.2 Å². The van der Waals surface area contributed by atoms with Crippen LogP contribution in [0.15, 0.2) is 60.7 Å². The molecular formula is C22H24N2O2S. The van der Waals surface area contributed by atoms with Gasteiger partial charge < -0.3 is 10.4 Å². The fourth-order valence-electron chi connectivity index (χ4n) is 2.94. The average molecular weight is 381 g/mol. The molecule has 0 radical (unpaired) electrons. The van der Waals surface area contributed by atoms with Crippen LogP contribution in [-0.2, 0) is 12.0 Å². The van der Waals surface area contributed by atoms with Gasteiger partial charge in [-0.05, 0) is 28.7 Å². The van der Waals surface area contributed by atoms with Crippen molar-refractivity contribution >= 4 is 35.3 Å². The van der Waals surface area contributed by atoms with E-state index in [4.69, 9.17) is 0 Å². The number of phenolic OH excluding ortho intramolecular Hbond substituents is 1. The van der Waals surface area contributed by atoms with Gasteiger partial charge in [-0.3, -0.25) is 4.31 Å². The highest BCUT2D eigenvalue weighted by atomic mass is 32.1. The van der Waals surface area contributed by atoms with Crippen LogP contribution in [0.25, 0.3) is 10.8 Å². The van der Waals surface area contributed by atoms with Gasteiger partial charge in [-0.2, -0.15) is 0 Å². The number of carbonyl (C=O) groups excluding carboxylic acids is 1. The molecule has 2 amide bonds. The molecule has 3 aromatic rings. The van der Waals surface area contributed by atoms with Crippen molar-refractivity contribution in [3.63, 3.8) is 0 Å². The Kier molecular flexibility index (Phi) is 5.33. The van der Waals surface area contributed by atoms with E-state index in [1.54, 1.807) is 24.3 Å². The van der Waals surface area contributed by atoms with Crippen molar-refractivity contribution in [2.45, 2.75) is 32.7 Å². The fraction of sp³-hybridized carbons (Fsp3) is 0.227. The standard InChI is InChI=1S/C22H24N2O2S/c1-22(2,3)16-12-10-15(11-13-16)14-24(27)21(26)23-19-8-4-7-18-17(19)6-5-9-20(18)25/h4-13,25,27H,14H2,1-3H3,(H,23,26). The molecule has 0 unspecified atom stereocenters. The Morgan fingerprint density at radius 2 is 1.63 bits per heavy atom. The molecule has 3 aromatic carbocycles. The Balaban J connectivity index is 1.72. The molecule has 0 aliphatic heterocycles. The Labute approximate surface area is 165 Å². The first-order valence-electron chi connectivity index (χ1n) is 8.83. The van der Waals surface area contributed by atoms with Crippen molar-refractivity contribution in [2.24, 2.45) is 0 Å². The molecule has 0 heterocycles. The van der Waals surface area contributed by atoms with Gasteiger partial charge in [-0.1, -0.05) is 82.1 Å². The topological polar surface area (TPSA) is 52.6 Å². The summed E-state index contributed by atoms with van der Waals surface area (Å²) in [5.74, 6) is 0.185. The first-order chi connectivity index (χ1) is 12.8. The number of thiol groups is 1. The summed E-state index contributed by atoms with van der Waals surface area (Å²) >= 11 is 4.34. The zero-order chi connectivity index (χ0) is 19.6. The number of hydrogen-bond donors (Lipinski definition) is 3. The van der Waals surface area contributed by atoms with Crippen molar-refractivity contribution in [3.8, 4) is 5.75 Å². The maximum Gasteiger partial charge on any atom is 0.331 e. The highest BCUT2D eigenvalue weighted by Crippen LogP contribution is 2.30. The molecule has 5 heteroatoms. The number of phenols is 1. The second kappa shape index (κ2) is 7.53. The predicted octanol–water partition coefficient (Wildman–Crippen LogP) is 5.72. The summed E-state index contributed by atoms with van der Waals surface area (Å²) in [5, 5.41) is 14.3. The summed E-state index contributed by atoms with van der Waals surface area (Å²) in [6.07, 6.45) is 0. The summed E-state index contributed by atoms with van der Waals surface area (Å²) in [4.78, 5) is 12.5. The largest absolute Gasteiger partial charge is 0.507 e. The number of amides is 2. The summed E-state index contributed by atoms with van der Waals surface area (Å²) in [7, 11) is 0. The van der Waals surface area contributed by atoms with Gasteiger partial charge in [0.1, 0.15) is 5.75 Å². The zero-order valence-corrected chi connectivity index (χ0v) is 16.6. The molecule has 140 valence electrons. The number of fused-ring (bicyclic) bond motifs is 1. The Morgan fingerprint density at radius 1 is 1.00 bits per heavy atom. The Bertz CT molecular complexity index is 962. The zero-order valence-electron chi connectivity index (χ0n) is 15.7. The summed E-state index contributed by atoms with van der Waals surface area (Å²) in [5.41, 5.74) is 2.98. The lowest BCUT2D eigenvalue weighted by Crippen LogP contribution is -2.26.